The summed E-state index contributed by atoms with van der Waals surface area (Å²) in [5, 5.41) is 3.70. The van der Waals surface area contributed by atoms with Crippen molar-refractivity contribution in [2.75, 3.05) is 23.3 Å². The lowest BCUT2D eigenvalue weighted by Crippen LogP contribution is -2.38. The standard InChI is InChI=1S/C21H26ClN3O/c1-21(2,3)16-4-7-18(8-5-16)24-20(26)15-10-12-25(13-11-15)19-9-6-17(22)14-23-19/h4-9,14-15H,10-13H2,1-3H3,(H,24,26). The van der Waals surface area contributed by atoms with Crippen molar-refractivity contribution in [3.8, 4) is 0 Å². The number of hydrogen-bond donors (Lipinski definition) is 1. The van der Waals surface area contributed by atoms with Crippen LogP contribution in [0.5, 0.6) is 0 Å². The molecule has 1 saturated heterocycles. The highest BCUT2D eigenvalue weighted by Gasteiger charge is 2.25. The summed E-state index contributed by atoms with van der Waals surface area (Å²) < 4.78 is 0. The first-order valence-corrected chi connectivity index (χ1v) is 9.48. The number of carbonyl (C=O) groups excluding carboxylic acids is 1. The van der Waals surface area contributed by atoms with Gasteiger partial charge in [-0.25, -0.2) is 4.98 Å². The van der Waals surface area contributed by atoms with Crippen LogP contribution < -0.4 is 10.2 Å². The number of rotatable bonds is 3. The van der Waals surface area contributed by atoms with Crippen LogP contribution in [0.25, 0.3) is 0 Å². The molecule has 1 aliphatic rings. The Kier molecular flexibility index (Phi) is 5.52. The molecular weight excluding hydrogens is 346 g/mol. The zero-order valence-corrected chi connectivity index (χ0v) is 16.4. The van der Waals surface area contributed by atoms with Gasteiger partial charge in [-0.3, -0.25) is 4.79 Å². The van der Waals surface area contributed by atoms with Gasteiger partial charge in [0.1, 0.15) is 5.82 Å². The smallest absolute Gasteiger partial charge is 0.227 e. The summed E-state index contributed by atoms with van der Waals surface area (Å²) in [6, 6.07) is 11.9. The molecule has 0 saturated carbocycles. The van der Waals surface area contributed by atoms with E-state index in [1.54, 1.807) is 6.20 Å². The van der Waals surface area contributed by atoms with E-state index in [0.29, 0.717) is 5.02 Å². The minimum atomic E-state index is 0.0424. The van der Waals surface area contributed by atoms with E-state index >= 15 is 0 Å². The molecule has 0 radical (unpaired) electrons. The van der Waals surface area contributed by atoms with E-state index in [0.717, 1.165) is 37.4 Å². The molecule has 138 valence electrons. The molecule has 2 aromatic rings. The third kappa shape index (κ3) is 4.55. The lowest BCUT2D eigenvalue weighted by molar-refractivity contribution is -0.120. The molecule has 0 unspecified atom stereocenters. The highest BCUT2D eigenvalue weighted by atomic mass is 35.5. The maximum Gasteiger partial charge on any atom is 0.227 e. The van der Waals surface area contributed by atoms with Gasteiger partial charge < -0.3 is 10.2 Å². The molecule has 1 N–H and O–H groups in total. The van der Waals surface area contributed by atoms with Crippen molar-refractivity contribution in [1.29, 1.82) is 0 Å². The molecule has 0 spiro atoms. The van der Waals surface area contributed by atoms with Crippen molar-refractivity contribution < 1.29 is 4.79 Å². The normalized spacial score (nSPS) is 15.8. The first-order valence-electron chi connectivity index (χ1n) is 9.11. The number of anilines is 2. The van der Waals surface area contributed by atoms with E-state index in [4.69, 9.17) is 11.6 Å². The van der Waals surface area contributed by atoms with E-state index in [2.05, 4.69) is 48.1 Å². The number of aromatic nitrogens is 1. The van der Waals surface area contributed by atoms with Gasteiger partial charge >= 0.3 is 0 Å². The fraction of sp³-hybridized carbons (Fsp3) is 0.429. The Morgan fingerprint density at radius 1 is 1.12 bits per heavy atom. The molecule has 0 aliphatic carbocycles. The maximum absolute atomic E-state index is 12.6. The second-order valence-corrected chi connectivity index (χ2v) is 8.35. The molecule has 2 heterocycles. The number of amides is 1. The van der Waals surface area contributed by atoms with Crippen molar-refractivity contribution in [3.63, 3.8) is 0 Å². The zero-order valence-electron chi connectivity index (χ0n) is 15.6. The van der Waals surface area contributed by atoms with Gasteiger partial charge in [0.2, 0.25) is 5.91 Å². The predicted molar refractivity (Wildman–Crippen MR) is 108 cm³/mol. The van der Waals surface area contributed by atoms with Crippen LogP contribution in [-0.4, -0.2) is 24.0 Å². The summed E-state index contributed by atoms with van der Waals surface area (Å²) in [7, 11) is 0. The Morgan fingerprint density at radius 3 is 2.31 bits per heavy atom. The SMILES string of the molecule is CC(C)(C)c1ccc(NC(=O)C2CCN(c3ccc(Cl)cn3)CC2)cc1. The van der Waals surface area contributed by atoms with Gasteiger partial charge in [0.15, 0.2) is 0 Å². The highest BCUT2D eigenvalue weighted by Crippen LogP contribution is 2.26. The largest absolute Gasteiger partial charge is 0.357 e. The molecule has 1 amide bonds. The molecule has 5 heteroatoms. The minimum Gasteiger partial charge on any atom is -0.357 e. The Balaban J connectivity index is 1.54. The molecule has 1 aliphatic heterocycles. The van der Waals surface area contributed by atoms with Crippen LogP contribution >= 0.6 is 11.6 Å². The van der Waals surface area contributed by atoms with E-state index in [1.807, 2.05) is 24.3 Å². The number of nitrogens with one attached hydrogen (secondary N) is 1. The lowest BCUT2D eigenvalue weighted by Gasteiger charge is -2.32. The Morgan fingerprint density at radius 2 is 1.77 bits per heavy atom. The Labute approximate surface area is 160 Å². The molecule has 0 atom stereocenters. The lowest BCUT2D eigenvalue weighted by atomic mass is 9.87. The summed E-state index contributed by atoms with van der Waals surface area (Å²) in [5.41, 5.74) is 2.24. The molecule has 1 aromatic carbocycles. The van der Waals surface area contributed by atoms with Crippen molar-refractivity contribution in [3.05, 3.63) is 53.2 Å². The molecule has 3 rings (SSSR count). The second-order valence-electron chi connectivity index (χ2n) is 7.91. The van der Waals surface area contributed by atoms with Crippen LogP contribution in [0.1, 0.15) is 39.2 Å². The van der Waals surface area contributed by atoms with Crippen molar-refractivity contribution >= 4 is 29.0 Å². The van der Waals surface area contributed by atoms with E-state index < -0.39 is 0 Å². The molecule has 4 nitrogen and oxygen atoms in total. The van der Waals surface area contributed by atoms with Crippen molar-refractivity contribution in [1.82, 2.24) is 4.98 Å². The summed E-state index contributed by atoms with van der Waals surface area (Å²) >= 11 is 5.89. The van der Waals surface area contributed by atoms with Crippen molar-refractivity contribution in [2.45, 2.75) is 39.0 Å². The van der Waals surface area contributed by atoms with Crippen LogP contribution in [-0.2, 0) is 10.2 Å². The van der Waals surface area contributed by atoms with Gasteiger partial charge in [0.25, 0.3) is 0 Å². The molecule has 1 fully saturated rings. The third-order valence-electron chi connectivity index (χ3n) is 4.92. The number of hydrogen-bond acceptors (Lipinski definition) is 3. The first kappa shape index (κ1) is 18.7. The Hall–Kier alpha value is -2.07. The minimum absolute atomic E-state index is 0.0424. The second kappa shape index (κ2) is 7.67. The average molecular weight is 372 g/mol. The quantitative estimate of drug-likeness (QED) is 0.835. The Bertz CT molecular complexity index is 742. The summed E-state index contributed by atoms with van der Waals surface area (Å²) in [4.78, 5) is 19.1. The fourth-order valence-electron chi connectivity index (χ4n) is 3.22. The number of carbonyl (C=O) groups is 1. The highest BCUT2D eigenvalue weighted by molar-refractivity contribution is 6.30. The monoisotopic (exact) mass is 371 g/mol. The van der Waals surface area contributed by atoms with Crippen LogP contribution in [0.15, 0.2) is 42.6 Å². The van der Waals surface area contributed by atoms with E-state index in [9.17, 15) is 4.79 Å². The number of halogens is 1. The zero-order chi connectivity index (χ0) is 18.7. The van der Waals surface area contributed by atoms with E-state index in [-0.39, 0.29) is 17.2 Å². The maximum atomic E-state index is 12.6. The van der Waals surface area contributed by atoms with Gasteiger partial charge in [-0.2, -0.15) is 0 Å². The van der Waals surface area contributed by atoms with Gasteiger partial charge in [-0.05, 0) is 48.1 Å². The third-order valence-corrected chi connectivity index (χ3v) is 5.14. The average Bonchev–Trinajstić information content (AvgIpc) is 2.62. The summed E-state index contributed by atoms with van der Waals surface area (Å²) in [5.74, 6) is 1.07. The van der Waals surface area contributed by atoms with Crippen LogP contribution in [0.2, 0.25) is 5.02 Å². The predicted octanol–water partition coefficient (Wildman–Crippen LogP) is 4.89. The van der Waals surface area contributed by atoms with Crippen LogP contribution in [0.3, 0.4) is 0 Å². The topological polar surface area (TPSA) is 45.2 Å². The molecule has 26 heavy (non-hydrogen) atoms. The fourth-order valence-corrected chi connectivity index (χ4v) is 3.34. The molecule has 0 bridgehead atoms. The molecular formula is C21H26ClN3O. The van der Waals surface area contributed by atoms with Gasteiger partial charge in [-0.1, -0.05) is 44.5 Å². The number of benzene rings is 1. The molecule has 1 aromatic heterocycles. The van der Waals surface area contributed by atoms with Gasteiger partial charge in [0.05, 0.1) is 5.02 Å². The number of nitrogens with zero attached hydrogens (tertiary/aromatic N) is 2. The number of piperidine rings is 1. The van der Waals surface area contributed by atoms with E-state index in [1.165, 1.54) is 5.56 Å². The van der Waals surface area contributed by atoms with Gasteiger partial charge in [0, 0.05) is 30.9 Å². The first-order chi connectivity index (χ1) is 12.3. The van der Waals surface area contributed by atoms with Crippen molar-refractivity contribution in [2.24, 2.45) is 5.92 Å². The van der Waals surface area contributed by atoms with Gasteiger partial charge in [-0.15, -0.1) is 0 Å². The summed E-state index contributed by atoms with van der Waals surface area (Å²) in [6.45, 7) is 8.21. The number of pyridine rings is 1. The van der Waals surface area contributed by atoms with Crippen LogP contribution in [0.4, 0.5) is 11.5 Å². The summed E-state index contributed by atoms with van der Waals surface area (Å²) in [6.07, 6.45) is 3.32. The van der Waals surface area contributed by atoms with Crippen LogP contribution in [0, 0.1) is 5.92 Å².